The number of nitrogens with one attached hydrogen (secondary N) is 3. The van der Waals surface area contributed by atoms with Crippen LogP contribution in [0.5, 0.6) is 28.9 Å². The lowest BCUT2D eigenvalue weighted by Crippen LogP contribution is -2.22. The number of hydrogen-bond donors (Lipinski definition) is 3. The number of benzene rings is 3. The zero-order valence-electron chi connectivity index (χ0n) is 25.5. The summed E-state index contributed by atoms with van der Waals surface area (Å²) in [5, 5.41) is 10.0. The fourth-order valence-corrected chi connectivity index (χ4v) is 4.54. The lowest BCUT2D eigenvalue weighted by Gasteiger charge is -2.24. The van der Waals surface area contributed by atoms with Crippen molar-refractivity contribution in [2.24, 2.45) is 0 Å². The highest BCUT2D eigenvalue weighted by molar-refractivity contribution is 6.08. The minimum absolute atomic E-state index is 0.279. The third kappa shape index (κ3) is 7.39. The van der Waals surface area contributed by atoms with Gasteiger partial charge in [-0.2, -0.15) is 0 Å². The fourth-order valence-electron chi connectivity index (χ4n) is 4.54. The number of anilines is 3. The van der Waals surface area contributed by atoms with Gasteiger partial charge in [-0.25, -0.2) is 14.6 Å². The van der Waals surface area contributed by atoms with E-state index in [9.17, 15) is 9.59 Å². The van der Waals surface area contributed by atoms with Crippen LogP contribution in [-0.2, 0) is 10.2 Å². The van der Waals surface area contributed by atoms with Crippen LogP contribution in [0.4, 0.5) is 26.7 Å². The van der Waals surface area contributed by atoms with Crippen molar-refractivity contribution in [2.75, 3.05) is 30.2 Å². The molecule has 0 fully saturated rings. The average Bonchev–Trinajstić information content (AvgIpc) is 3.02. The predicted octanol–water partition coefficient (Wildman–Crippen LogP) is 8.34. The summed E-state index contributed by atoms with van der Waals surface area (Å²) in [6.45, 7) is 6.07. The smallest absolute Gasteiger partial charge is 0.411 e. The lowest BCUT2D eigenvalue weighted by atomic mass is 9.86. The summed E-state index contributed by atoms with van der Waals surface area (Å²) in [4.78, 5) is 33.6. The number of ether oxygens (including phenoxy) is 4. The van der Waals surface area contributed by atoms with Crippen molar-refractivity contribution in [3.63, 3.8) is 0 Å². The van der Waals surface area contributed by atoms with Crippen LogP contribution >= 0.6 is 0 Å². The minimum Gasteiger partial charge on any atom is -0.492 e. The number of aromatic nitrogens is 2. The Hall–Kier alpha value is -5.84. The number of amides is 3. The van der Waals surface area contributed by atoms with Gasteiger partial charge >= 0.3 is 12.1 Å². The van der Waals surface area contributed by atoms with E-state index in [-0.39, 0.29) is 11.2 Å². The molecule has 0 unspecified atom stereocenters. The maximum absolute atomic E-state index is 13.4. The number of rotatable bonds is 8. The molecule has 11 heteroatoms. The maximum Gasteiger partial charge on any atom is 0.411 e. The summed E-state index contributed by atoms with van der Waals surface area (Å²) in [5.41, 5.74) is 1.87. The standard InChI is InChI=1S/C34H33N5O6/c1-34(2,3)21-18-27(31(42-4)28(19-21)39-33(41)43-5)38-32(40)37-26-10-11-29(25-9-7-6-8-24(25)26)44-23-14-17-36-30(20-23)45-22-12-15-35-16-13-22/h6-20H,1-5H3,(H,39,41)(H2,37,38,40). The number of fused-ring (bicyclic) bond motifs is 1. The summed E-state index contributed by atoms with van der Waals surface area (Å²) in [5.74, 6) is 2.36. The summed E-state index contributed by atoms with van der Waals surface area (Å²) < 4.78 is 22.4. The first kappa shape index (κ1) is 30.6. The van der Waals surface area contributed by atoms with Gasteiger partial charge in [0.1, 0.15) is 17.2 Å². The molecule has 45 heavy (non-hydrogen) atoms. The molecule has 0 aliphatic carbocycles. The fraction of sp³-hybridized carbons (Fsp3) is 0.176. The molecule has 0 bridgehead atoms. The Labute approximate surface area is 260 Å². The first-order valence-corrected chi connectivity index (χ1v) is 14.0. The first-order valence-electron chi connectivity index (χ1n) is 14.0. The van der Waals surface area contributed by atoms with Gasteiger partial charge in [0.25, 0.3) is 0 Å². The van der Waals surface area contributed by atoms with E-state index in [1.165, 1.54) is 14.2 Å². The highest BCUT2D eigenvalue weighted by Gasteiger charge is 2.22. The van der Waals surface area contributed by atoms with E-state index in [2.05, 4.69) is 25.9 Å². The van der Waals surface area contributed by atoms with Gasteiger partial charge in [0, 0.05) is 35.4 Å². The van der Waals surface area contributed by atoms with Crippen LogP contribution in [0.1, 0.15) is 26.3 Å². The van der Waals surface area contributed by atoms with Crippen LogP contribution in [0.2, 0.25) is 0 Å². The van der Waals surface area contributed by atoms with Gasteiger partial charge in [-0.15, -0.1) is 0 Å². The molecule has 0 saturated heterocycles. The molecule has 230 valence electrons. The summed E-state index contributed by atoms with van der Waals surface area (Å²) in [6, 6.07) is 21.1. The van der Waals surface area contributed by atoms with Gasteiger partial charge in [0.15, 0.2) is 5.75 Å². The molecule has 0 radical (unpaired) electrons. The third-order valence-corrected chi connectivity index (χ3v) is 6.77. The molecule has 0 saturated carbocycles. The summed E-state index contributed by atoms with van der Waals surface area (Å²) in [7, 11) is 2.73. The van der Waals surface area contributed by atoms with Gasteiger partial charge in [0.2, 0.25) is 5.88 Å². The number of carbonyl (C=O) groups excluding carboxylic acids is 2. The van der Waals surface area contributed by atoms with Crippen molar-refractivity contribution in [1.82, 2.24) is 9.97 Å². The Bertz CT molecular complexity index is 1840. The SMILES string of the molecule is COC(=O)Nc1cc(C(C)(C)C)cc(NC(=O)Nc2ccc(Oc3ccnc(Oc4ccncc4)c3)c3ccccc23)c1OC. The summed E-state index contributed by atoms with van der Waals surface area (Å²) >= 11 is 0. The molecule has 5 rings (SSSR count). The van der Waals surface area contributed by atoms with Crippen LogP contribution < -0.4 is 30.2 Å². The summed E-state index contributed by atoms with van der Waals surface area (Å²) in [6.07, 6.45) is 4.21. The van der Waals surface area contributed by atoms with Gasteiger partial charge < -0.3 is 29.6 Å². The molecular formula is C34H33N5O6. The van der Waals surface area contributed by atoms with Crippen molar-refractivity contribution in [2.45, 2.75) is 26.2 Å². The topological polar surface area (TPSA) is 133 Å². The molecule has 0 spiro atoms. The Balaban J connectivity index is 1.39. The van der Waals surface area contributed by atoms with E-state index < -0.39 is 12.1 Å². The Morgan fingerprint density at radius 2 is 1.38 bits per heavy atom. The Morgan fingerprint density at radius 1 is 0.711 bits per heavy atom. The molecule has 0 aliphatic heterocycles. The predicted molar refractivity (Wildman–Crippen MR) is 173 cm³/mol. The molecule has 11 nitrogen and oxygen atoms in total. The molecule has 0 aliphatic rings. The van der Waals surface area contributed by atoms with E-state index in [1.807, 2.05) is 51.1 Å². The second-order valence-electron chi connectivity index (χ2n) is 10.9. The van der Waals surface area contributed by atoms with Crippen LogP contribution in [0.3, 0.4) is 0 Å². The van der Waals surface area contributed by atoms with E-state index in [0.29, 0.717) is 40.2 Å². The Morgan fingerprint density at radius 3 is 2.07 bits per heavy atom. The van der Waals surface area contributed by atoms with Crippen molar-refractivity contribution >= 4 is 40.0 Å². The van der Waals surface area contributed by atoms with Gasteiger partial charge in [-0.05, 0) is 53.4 Å². The monoisotopic (exact) mass is 607 g/mol. The Kier molecular flexibility index (Phi) is 8.99. The largest absolute Gasteiger partial charge is 0.492 e. The number of carbonyl (C=O) groups is 2. The van der Waals surface area contributed by atoms with Gasteiger partial charge in [-0.3, -0.25) is 10.3 Å². The average molecular weight is 608 g/mol. The second-order valence-corrected chi connectivity index (χ2v) is 10.9. The number of hydrogen-bond acceptors (Lipinski definition) is 8. The van der Waals surface area contributed by atoms with Crippen molar-refractivity contribution in [3.05, 3.63) is 97.0 Å². The van der Waals surface area contributed by atoms with Crippen LogP contribution in [-0.4, -0.2) is 36.3 Å². The normalized spacial score (nSPS) is 11.0. The molecule has 3 N–H and O–H groups in total. The van der Waals surface area contributed by atoms with E-state index in [0.717, 1.165) is 16.3 Å². The van der Waals surface area contributed by atoms with Crippen molar-refractivity contribution in [1.29, 1.82) is 0 Å². The van der Waals surface area contributed by atoms with Crippen LogP contribution in [0.15, 0.2) is 91.4 Å². The maximum atomic E-state index is 13.4. The third-order valence-electron chi connectivity index (χ3n) is 6.77. The molecule has 3 aromatic carbocycles. The van der Waals surface area contributed by atoms with Gasteiger partial charge in [0.05, 0.1) is 31.3 Å². The highest BCUT2D eigenvalue weighted by Crippen LogP contribution is 2.39. The number of methoxy groups -OCH3 is 2. The zero-order chi connectivity index (χ0) is 32.0. The molecule has 2 aromatic heterocycles. The highest BCUT2D eigenvalue weighted by atomic mass is 16.5. The number of nitrogens with zero attached hydrogens (tertiary/aromatic N) is 2. The first-order chi connectivity index (χ1) is 21.6. The second kappa shape index (κ2) is 13.2. The lowest BCUT2D eigenvalue weighted by molar-refractivity contribution is 0.187. The van der Waals surface area contributed by atoms with Crippen LogP contribution in [0.25, 0.3) is 10.8 Å². The van der Waals surface area contributed by atoms with Crippen molar-refractivity contribution < 1.29 is 28.5 Å². The molecule has 0 atom stereocenters. The quantitative estimate of drug-likeness (QED) is 0.160. The van der Waals surface area contributed by atoms with E-state index in [1.54, 1.807) is 61.1 Å². The molecule has 5 aromatic rings. The molecule has 2 heterocycles. The zero-order valence-corrected chi connectivity index (χ0v) is 25.5. The van der Waals surface area contributed by atoms with Crippen molar-refractivity contribution in [3.8, 4) is 28.9 Å². The van der Waals surface area contributed by atoms with Crippen LogP contribution in [0, 0.1) is 0 Å². The van der Waals surface area contributed by atoms with Gasteiger partial charge in [-0.1, -0.05) is 45.0 Å². The molecular weight excluding hydrogens is 574 g/mol. The van der Waals surface area contributed by atoms with E-state index in [4.69, 9.17) is 18.9 Å². The minimum atomic E-state index is -0.659. The molecule has 3 amide bonds. The number of urea groups is 1. The van der Waals surface area contributed by atoms with E-state index >= 15 is 0 Å². The number of pyridine rings is 2.